The largest absolute Gasteiger partial charge is 0.491 e. The molecular weight excluding hydrogens is 617 g/mol. The quantitative estimate of drug-likeness (QED) is 0.162. The van der Waals surface area contributed by atoms with Gasteiger partial charge in [-0.05, 0) is 40.8 Å². The van der Waals surface area contributed by atoms with Crippen LogP contribution in [0.1, 0.15) is 30.0 Å². The zero-order valence-corrected chi connectivity index (χ0v) is 24.5. The van der Waals surface area contributed by atoms with Crippen molar-refractivity contribution in [1.82, 2.24) is 21.3 Å². The summed E-state index contributed by atoms with van der Waals surface area (Å²) >= 11 is 5.93. The molecule has 3 aromatic carbocycles. The number of alkyl halides is 3. The molecular formula is C31H30ClF3N4O6. The monoisotopic (exact) mass is 646 g/mol. The molecule has 1 unspecified atom stereocenters. The Labute approximate surface area is 261 Å². The molecule has 10 nitrogen and oxygen atoms in total. The van der Waals surface area contributed by atoms with Gasteiger partial charge < -0.3 is 26.0 Å². The fraction of sp³-hybridized carbons (Fsp3) is 0.258. The Bertz CT molecular complexity index is 1490. The van der Waals surface area contributed by atoms with Gasteiger partial charge >= 0.3 is 24.1 Å². The van der Waals surface area contributed by atoms with E-state index in [0.717, 1.165) is 16.7 Å². The van der Waals surface area contributed by atoms with E-state index in [1.165, 1.54) is 0 Å². The number of hydrogen-bond donors (Lipinski definition) is 4. The third kappa shape index (κ3) is 12.3. The summed E-state index contributed by atoms with van der Waals surface area (Å²) in [6.07, 6.45) is -5.76. The summed E-state index contributed by atoms with van der Waals surface area (Å²) in [5.74, 6) is -5.51. The van der Waals surface area contributed by atoms with Crippen LogP contribution in [0.15, 0.2) is 78.9 Å². The van der Waals surface area contributed by atoms with Gasteiger partial charge in [0, 0.05) is 24.5 Å². The predicted octanol–water partition coefficient (Wildman–Crippen LogP) is 4.23. The molecule has 1 atom stereocenters. The average Bonchev–Trinajstić information content (AvgIpc) is 3.00. The Morgan fingerprint density at radius 1 is 0.778 bits per heavy atom. The van der Waals surface area contributed by atoms with Gasteiger partial charge in [0.1, 0.15) is 0 Å². The Morgan fingerprint density at radius 3 is 2.11 bits per heavy atom. The van der Waals surface area contributed by atoms with Crippen LogP contribution >= 0.6 is 11.6 Å². The lowest BCUT2D eigenvalue weighted by Gasteiger charge is -2.19. The molecule has 0 radical (unpaired) electrons. The van der Waals surface area contributed by atoms with Crippen LogP contribution in [0, 0.1) is 0 Å². The lowest BCUT2D eigenvalue weighted by molar-refractivity contribution is -0.202. The van der Waals surface area contributed by atoms with Gasteiger partial charge in [-0.25, -0.2) is 9.59 Å². The number of benzene rings is 3. The van der Waals surface area contributed by atoms with Crippen molar-refractivity contribution in [2.24, 2.45) is 0 Å². The van der Waals surface area contributed by atoms with Gasteiger partial charge in [-0.2, -0.15) is 13.2 Å². The van der Waals surface area contributed by atoms with Crippen LogP contribution in [0.5, 0.6) is 0 Å². The van der Waals surface area contributed by atoms with Crippen molar-refractivity contribution in [3.8, 4) is 11.1 Å². The molecule has 0 aromatic heterocycles. The number of rotatable bonds is 13. The fourth-order valence-electron chi connectivity index (χ4n) is 4.04. The van der Waals surface area contributed by atoms with Crippen LogP contribution in [0.2, 0.25) is 5.02 Å². The second kappa shape index (κ2) is 16.8. The number of esters is 2. The molecule has 0 saturated carbocycles. The van der Waals surface area contributed by atoms with E-state index in [0.29, 0.717) is 23.6 Å². The van der Waals surface area contributed by atoms with Crippen molar-refractivity contribution in [3.05, 3.63) is 95.0 Å². The highest BCUT2D eigenvalue weighted by Crippen LogP contribution is 2.24. The van der Waals surface area contributed by atoms with E-state index in [1.807, 2.05) is 36.4 Å². The van der Waals surface area contributed by atoms with Gasteiger partial charge in [-0.1, -0.05) is 78.3 Å². The molecule has 0 heterocycles. The molecule has 238 valence electrons. The van der Waals surface area contributed by atoms with Crippen molar-refractivity contribution >= 4 is 41.4 Å². The number of nitrogens with one attached hydrogen (secondary N) is 4. The summed E-state index contributed by atoms with van der Waals surface area (Å²) in [7, 11) is 0. The van der Waals surface area contributed by atoms with Crippen molar-refractivity contribution in [2.45, 2.75) is 31.5 Å². The highest BCUT2D eigenvalue weighted by molar-refractivity contribution is 6.30. The highest BCUT2D eigenvalue weighted by Gasteiger charge is 2.42. The maximum Gasteiger partial charge on any atom is 0.491 e. The number of amides is 4. The molecule has 4 N–H and O–H groups in total. The minimum atomic E-state index is -5.37. The third-order valence-electron chi connectivity index (χ3n) is 6.24. The van der Waals surface area contributed by atoms with Crippen molar-refractivity contribution in [1.29, 1.82) is 0 Å². The number of ether oxygens (including phenoxy) is 1. The molecule has 4 amide bonds. The highest BCUT2D eigenvalue weighted by atomic mass is 35.5. The number of carbonyl (C=O) groups is 5. The standard InChI is InChI=1S/C31H30ClF3N4O6/c32-24-8-4-5-20(17-24)13-15-36-30(44)37-16-14-26(40)38-19-27(41)39-25(18-28(42)45-29(43)31(33,34)35)23-11-9-22(10-12-23)21-6-2-1-3-7-21/h1-12,17,25H,13-16,18-19H2,(H,38,40)(H,39,41)(H2,36,37,44). The van der Waals surface area contributed by atoms with E-state index >= 15 is 0 Å². The molecule has 0 bridgehead atoms. The topological polar surface area (TPSA) is 143 Å². The molecule has 0 spiro atoms. The van der Waals surface area contributed by atoms with Crippen molar-refractivity contribution in [3.63, 3.8) is 0 Å². The summed E-state index contributed by atoms with van der Waals surface area (Å²) < 4.78 is 41.6. The molecule has 3 aromatic rings. The zero-order valence-electron chi connectivity index (χ0n) is 23.8. The molecule has 45 heavy (non-hydrogen) atoms. The maximum atomic E-state index is 12.6. The van der Waals surface area contributed by atoms with Crippen LogP contribution in [0.4, 0.5) is 18.0 Å². The predicted molar refractivity (Wildman–Crippen MR) is 159 cm³/mol. The van der Waals surface area contributed by atoms with Gasteiger partial charge in [-0.3, -0.25) is 14.4 Å². The van der Waals surface area contributed by atoms with Crippen LogP contribution in [0.3, 0.4) is 0 Å². The average molecular weight is 647 g/mol. The van der Waals surface area contributed by atoms with Crippen LogP contribution in [-0.2, 0) is 30.3 Å². The van der Waals surface area contributed by atoms with Crippen LogP contribution in [-0.4, -0.2) is 55.6 Å². The van der Waals surface area contributed by atoms with Gasteiger partial charge in [0.25, 0.3) is 0 Å². The molecule has 0 saturated heterocycles. The smallest absolute Gasteiger partial charge is 0.386 e. The summed E-state index contributed by atoms with van der Waals surface area (Å²) in [6.45, 7) is -0.210. The SMILES string of the molecule is O=C(CCNC(=O)NCCc1cccc(Cl)c1)NCC(=O)NC(CC(=O)OC(=O)C(F)(F)F)c1ccc(-c2ccccc2)cc1. The Morgan fingerprint density at radius 2 is 1.44 bits per heavy atom. The zero-order chi connectivity index (χ0) is 32.8. The van der Waals surface area contributed by atoms with Crippen molar-refractivity contribution in [2.75, 3.05) is 19.6 Å². The van der Waals surface area contributed by atoms with Crippen molar-refractivity contribution < 1.29 is 41.9 Å². The Kier molecular flexibility index (Phi) is 12.9. The Balaban J connectivity index is 1.48. The van der Waals surface area contributed by atoms with Gasteiger partial charge in [0.15, 0.2) is 0 Å². The summed E-state index contributed by atoms with van der Waals surface area (Å²) in [4.78, 5) is 60.0. The minimum absolute atomic E-state index is 0.0219. The lowest BCUT2D eigenvalue weighted by Crippen LogP contribution is -2.41. The molecule has 14 heteroatoms. The van der Waals surface area contributed by atoms with Crippen LogP contribution in [0.25, 0.3) is 11.1 Å². The second-order valence-corrected chi connectivity index (χ2v) is 10.1. The maximum absolute atomic E-state index is 12.6. The molecule has 0 aliphatic rings. The first-order valence-electron chi connectivity index (χ1n) is 13.7. The van der Waals surface area contributed by atoms with E-state index < -0.39 is 55.0 Å². The number of carbonyl (C=O) groups excluding carboxylic acids is 5. The number of hydrogen-bond acceptors (Lipinski definition) is 6. The van der Waals surface area contributed by atoms with E-state index in [9.17, 15) is 37.1 Å². The lowest BCUT2D eigenvalue weighted by atomic mass is 9.99. The molecule has 3 rings (SSSR count). The van der Waals surface area contributed by atoms with E-state index in [1.54, 1.807) is 42.5 Å². The van der Waals surface area contributed by atoms with E-state index in [4.69, 9.17) is 11.6 Å². The first-order chi connectivity index (χ1) is 21.4. The molecule has 0 fully saturated rings. The first-order valence-corrected chi connectivity index (χ1v) is 14.1. The summed E-state index contributed by atoms with van der Waals surface area (Å²) in [6, 6.07) is 21.3. The Hall–Kier alpha value is -4.91. The minimum Gasteiger partial charge on any atom is -0.386 e. The van der Waals surface area contributed by atoms with E-state index in [2.05, 4.69) is 26.0 Å². The first kappa shape index (κ1) is 34.6. The van der Waals surface area contributed by atoms with Crippen LogP contribution < -0.4 is 21.3 Å². The third-order valence-corrected chi connectivity index (χ3v) is 6.47. The number of urea groups is 1. The molecule has 0 aliphatic carbocycles. The summed E-state index contributed by atoms with van der Waals surface area (Å²) in [5.41, 5.74) is 2.97. The van der Waals surface area contributed by atoms with Gasteiger partial charge in [0.05, 0.1) is 19.0 Å². The molecule has 0 aliphatic heterocycles. The van der Waals surface area contributed by atoms with Gasteiger partial charge in [0.2, 0.25) is 11.8 Å². The number of halogens is 4. The van der Waals surface area contributed by atoms with Gasteiger partial charge in [-0.15, -0.1) is 0 Å². The summed E-state index contributed by atoms with van der Waals surface area (Å²) in [5, 5.41) is 10.6. The second-order valence-electron chi connectivity index (χ2n) is 9.66. The van der Waals surface area contributed by atoms with E-state index in [-0.39, 0.29) is 13.0 Å². The fourth-order valence-corrected chi connectivity index (χ4v) is 4.25. The normalized spacial score (nSPS) is 11.6.